The molecule has 1 nitrogen and oxygen atoms in total. The number of hydrogen-bond acceptors (Lipinski definition) is 1. The lowest BCUT2D eigenvalue weighted by Crippen LogP contribution is -2.03. The number of benzene rings is 1. The van der Waals surface area contributed by atoms with Gasteiger partial charge in [-0.1, -0.05) is 17.7 Å². The van der Waals surface area contributed by atoms with Gasteiger partial charge in [0.15, 0.2) is 5.78 Å². The van der Waals surface area contributed by atoms with Gasteiger partial charge in [-0.15, -0.1) is 0 Å². The minimum atomic E-state index is 0.138. The number of carbonyl (C=O) groups is 1. The van der Waals surface area contributed by atoms with Crippen molar-refractivity contribution in [2.75, 3.05) is 0 Å². The van der Waals surface area contributed by atoms with E-state index in [9.17, 15) is 4.79 Å². The largest absolute Gasteiger partial charge is 0.289 e. The molecule has 0 radical (unpaired) electrons. The SMILES string of the molecule is O=C(C1=CCCC1)c1cc(Cl)ccc1I. The Hall–Kier alpha value is -0.350. The van der Waals surface area contributed by atoms with Crippen molar-refractivity contribution in [1.82, 2.24) is 0 Å². The summed E-state index contributed by atoms with van der Waals surface area (Å²) in [6.45, 7) is 0. The van der Waals surface area contributed by atoms with Crippen LogP contribution in [0.1, 0.15) is 29.6 Å². The van der Waals surface area contributed by atoms with E-state index < -0.39 is 0 Å². The normalized spacial score (nSPS) is 15.2. The van der Waals surface area contributed by atoms with Gasteiger partial charge in [-0.05, 0) is 65.6 Å². The van der Waals surface area contributed by atoms with Gasteiger partial charge in [0.1, 0.15) is 0 Å². The van der Waals surface area contributed by atoms with Crippen LogP contribution in [0.3, 0.4) is 0 Å². The highest BCUT2D eigenvalue weighted by Gasteiger charge is 2.17. The maximum atomic E-state index is 12.1. The number of Topliss-reactive ketones (excluding diaryl/α,β-unsaturated/α-hetero) is 1. The van der Waals surface area contributed by atoms with Crippen LogP contribution in [0, 0.1) is 3.57 Å². The van der Waals surface area contributed by atoms with E-state index in [0.717, 1.165) is 34.0 Å². The van der Waals surface area contributed by atoms with Crippen LogP contribution in [0.25, 0.3) is 0 Å². The van der Waals surface area contributed by atoms with Crippen LogP contribution in [0.2, 0.25) is 5.02 Å². The van der Waals surface area contributed by atoms with Crippen LogP contribution in [0.4, 0.5) is 0 Å². The summed E-state index contributed by atoms with van der Waals surface area (Å²) in [6.07, 6.45) is 5.07. The number of hydrogen-bond donors (Lipinski definition) is 0. The van der Waals surface area contributed by atoms with Gasteiger partial charge in [0.05, 0.1) is 0 Å². The first kappa shape index (κ1) is 11.1. The fraction of sp³-hybridized carbons (Fsp3) is 0.250. The molecule has 1 aliphatic rings. The Kier molecular flexibility index (Phi) is 3.46. The molecule has 0 saturated heterocycles. The van der Waals surface area contributed by atoms with E-state index in [-0.39, 0.29) is 5.78 Å². The van der Waals surface area contributed by atoms with E-state index in [1.165, 1.54) is 0 Å². The molecular formula is C12H10ClIO. The van der Waals surface area contributed by atoms with Gasteiger partial charge in [-0.3, -0.25) is 4.79 Å². The van der Waals surface area contributed by atoms with Gasteiger partial charge < -0.3 is 0 Å². The van der Waals surface area contributed by atoms with Crippen LogP contribution in [-0.2, 0) is 0 Å². The fourth-order valence-corrected chi connectivity index (χ4v) is 2.47. The lowest BCUT2D eigenvalue weighted by Gasteiger charge is -2.04. The second-order valence-electron chi connectivity index (χ2n) is 3.57. The Bertz CT molecular complexity index is 437. The topological polar surface area (TPSA) is 17.1 Å². The smallest absolute Gasteiger partial charge is 0.189 e. The van der Waals surface area contributed by atoms with Crippen molar-refractivity contribution in [2.45, 2.75) is 19.3 Å². The second kappa shape index (κ2) is 4.66. The predicted molar refractivity (Wildman–Crippen MR) is 70.4 cm³/mol. The van der Waals surface area contributed by atoms with Gasteiger partial charge in [-0.2, -0.15) is 0 Å². The minimum absolute atomic E-state index is 0.138. The zero-order valence-electron chi connectivity index (χ0n) is 8.09. The zero-order chi connectivity index (χ0) is 10.8. The van der Waals surface area contributed by atoms with E-state index in [0.29, 0.717) is 5.02 Å². The summed E-state index contributed by atoms with van der Waals surface area (Å²) in [6, 6.07) is 5.44. The molecule has 0 atom stereocenters. The van der Waals surface area contributed by atoms with Crippen LogP contribution < -0.4 is 0 Å². The van der Waals surface area contributed by atoms with Crippen molar-refractivity contribution in [3.05, 3.63) is 44.0 Å². The standard InChI is InChI=1S/C12H10ClIO/c13-9-5-6-11(14)10(7-9)12(15)8-3-1-2-4-8/h3,5-7H,1-2,4H2. The average molecular weight is 333 g/mol. The van der Waals surface area contributed by atoms with Gasteiger partial charge in [0.25, 0.3) is 0 Å². The maximum absolute atomic E-state index is 12.1. The number of carbonyl (C=O) groups excluding carboxylic acids is 1. The summed E-state index contributed by atoms with van der Waals surface area (Å²) in [4.78, 5) is 12.1. The quantitative estimate of drug-likeness (QED) is 0.585. The van der Waals surface area contributed by atoms with E-state index in [2.05, 4.69) is 22.6 Å². The second-order valence-corrected chi connectivity index (χ2v) is 5.17. The third-order valence-corrected chi connectivity index (χ3v) is 3.68. The highest BCUT2D eigenvalue weighted by atomic mass is 127. The molecule has 0 aliphatic heterocycles. The fourth-order valence-electron chi connectivity index (χ4n) is 1.72. The number of ketones is 1. The molecule has 15 heavy (non-hydrogen) atoms. The van der Waals surface area contributed by atoms with E-state index in [1.807, 2.05) is 18.2 Å². The van der Waals surface area contributed by atoms with E-state index in [1.54, 1.807) is 6.07 Å². The van der Waals surface area contributed by atoms with Gasteiger partial charge in [0.2, 0.25) is 0 Å². The van der Waals surface area contributed by atoms with Crippen LogP contribution in [-0.4, -0.2) is 5.78 Å². The van der Waals surface area contributed by atoms with Crippen LogP contribution >= 0.6 is 34.2 Å². The van der Waals surface area contributed by atoms with Crippen molar-refractivity contribution in [2.24, 2.45) is 0 Å². The molecule has 78 valence electrons. The van der Waals surface area contributed by atoms with E-state index in [4.69, 9.17) is 11.6 Å². The molecule has 0 heterocycles. The molecule has 1 aromatic carbocycles. The number of halogens is 2. The molecule has 0 aromatic heterocycles. The Morgan fingerprint density at radius 3 is 2.87 bits per heavy atom. The first-order valence-electron chi connectivity index (χ1n) is 4.87. The van der Waals surface area contributed by atoms with Gasteiger partial charge in [-0.25, -0.2) is 0 Å². The molecule has 1 aliphatic carbocycles. The third-order valence-electron chi connectivity index (χ3n) is 2.51. The van der Waals surface area contributed by atoms with Crippen molar-refractivity contribution < 1.29 is 4.79 Å². The highest BCUT2D eigenvalue weighted by molar-refractivity contribution is 14.1. The summed E-state index contributed by atoms with van der Waals surface area (Å²) in [5, 5.41) is 0.623. The minimum Gasteiger partial charge on any atom is -0.289 e. The maximum Gasteiger partial charge on any atom is 0.189 e. The van der Waals surface area contributed by atoms with Crippen molar-refractivity contribution >= 4 is 40.0 Å². The molecule has 0 N–H and O–H groups in total. The van der Waals surface area contributed by atoms with Crippen LogP contribution in [0.15, 0.2) is 29.8 Å². The van der Waals surface area contributed by atoms with Gasteiger partial charge >= 0.3 is 0 Å². The summed E-state index contributed by atoms with van der Waals surface area (Å²) >= 11 is 8.06. The summed E-state index contributed by atoms with van der Waals surface area (Å²) in [7, 11) is 0. The van der Waals surface area contributed by atoms with Crippen molar-refractivity contribution in [3.63, 3.8) is 0 Å². The molecule has 3 heteroatoms. The first-order valence-corrected chi connectivity index (χ1v) is 6.33. The van der Waals surface area contributed by atoms with Crippen molar-refractivity contribution in [3.8, 4) is 0 Å². The average Bonchev–Trinajstić information content (AvgIpc) is 2.74. The summed E-state index contributed by atoms with van der Waals surface area (Å²) < 4.78 is 0.967. The van der Waals surface area contributed by atoms with E-state index >= 15 is 0 Å². The predicted octanol–water partition coefficient (Wildman–Crippen LogP) is 4.24. The molecule has 0 unspecified atom stereocenters. The Morgan fingerprint density at radius 1 is 1.40 bits per heavy atom. The summed E-state index contributed by atoms with van der Waals surface area (Å²) in [5.41, 5.74) is 1.67. The van der Waals surface area contributed by atoms with Crippen molar-refractivity contribution in [1.29, 1.82) is 0 Å². The van der Waals surface area contributed by atoms with Crippen LogP contribution in [0.5, 0.6) is 0 Å². The molecule has 1 aromatic rings. The molecule has 0 spiro atoms. The highest BCUT2D eigenvalue weighted by Crippen LogP contribution is 2.25. The molecular weight excluding hydrogens is 322 g/mol. The number of rotatable bonds is 2. The molecule has 2 rings (SSSR count). The molecule has 0 saturated carbocycles. The molecule has 0 bridgehead atoms. The lowest BCUT2D eigenvalue weighted by molar-refractivity contribution is 0.103. The summed E-state index contributed by atoms with van der Waals surface area (Å²) in [5.74, 6) is 0.138. The first-order chi connectivity index (χ1) is 7.18. The Labute approximate surface area is 108 Å². The third kappa shape index (κ3) is 2.42. The lowest BCUT2D eigenvalue weighted by atomic mass is 10.0. The van der Waals surface area contributed by atoms with Gasteiger partial charge in [0, 0.05) is 14.2 Å². The zero-order valence-corrected chi connectivity index (χ0v) is 11.0. The molecule has 0 amide bonds. The monoisotopic (exact) mass is 332 g/mol. The Balaban J connectivity index is 2.36. The molecule has 0 fully saturated rings. The Morgan fingerprint density at radius 2 is 2.20 bits per heavy atom. The number of allylic oxidation sites excluding steroid dienone is 2.